The van der Waals surface area contributed by atoms with Gasteiger partial charge in [0.15, 0.2) is 0 Å². The van der Waals surface area contributed by atoms with Crippen LogP contribution in [0.3, 0.4) is 0 Å². The molecule has 0 bridgehead atoms. The van der Waals surface area contributed by atoms with Crippen LogP contribution in [-0.2, 0) is 6.42 Å². The minimum atomic E-state index is -0.0374. The van der Waals surface area contributed by atoms with Crippen molar-refractivity contribution in [1.82, 2.24) is 9.97 Å². The molecule has 6 heteroatoms. The zero-order chi connectivity index (χ0) is 13.5. The second-order valence-electron chi connectivity index (χ2n) is 4.53. The van der Waals surface area contributed by atoms with Crippen molar-refractivity contribution in [3.63, 3.8) is 0 Å². The quantitative estimate of drug-likeness (QED) is 0.800. The zero-order valence-electron chi connectivity index (χ0n) is 10.6. The second kappa shape index (κ2) is 4.57. The number of aliphatic hydroxyl groups excluding tert-OH is 1. The Balaban J connectivity index is 2.06. The summed E-state index contributed by atoms with van der Waals surface area (Å²) in [6, 6.07) is 4.00. The molecule has 1 aliphatic rings. The number of aliphatic hydroxyl groups is 1. The van der Waals surface area contributed by atoms with Crippen LogP contribution < -0.4 is 9.47 Å². The van der Waals surface area contributed by atoms with Gasteiger partial charge in [0.25, 0.3) is 0 Å². The molecule has 0 fully saturated rings. The van der Waals surface area contributed by atoms with Gasteiger partial charge < -0.3 is 14.6 Å². The van der Waals surface area contributed by atoms with Crippen molar-refractivity contribution in [2.75, 3.05) is 19.8 Å². The summed E-state index contributed by atoms with van der Waals surface area (Å²) in [5, 5.41) is 11.2. The van der Waals surface area contributed by atoms with Gasteiger partial charge in [0.05, 0.1) is 17.9 Å². The minimum Gasteiger partial charge on any atom is -0.477 e. The molecule has 0 radical (unpaired) electrons. The zero-order valence-corrected chi connectivity index (χ0v) is 11.4. The Morgan fingerprint density at radius 1 is 1.45 bits per heavy atom. The van der Waals surface area contributed by atoms with Crippen LogP contribution in [0.1, 0.15) is 5.56 Å². The molecule has 1 aliphatic heterocycles. The van der Waals surface area contributed by atoms with Crippen molar-refractivity contribution in [1.29, 1.82) is 0 Å². The van der Waals surface area contributed by atoms with Gasteiger partial charge in [0.2, 0.25) is 11.8 Å². The number of hydrogen-bond acceptors (Lipinski definition) is 6. The first kappa shape index (κ1) is 11.9. The lowest BCUT2D eigenvalue weighted by atomic mass is 10.1. The van der Waals surface area contributed by atoms with Crippen LogP contribution in [0.25, 0.3) is 20.3 Å². The molecule has 0 aliphatic carbocycles. The summed E-state index contributed by atoms with van der Waals surface area (Å²) < 4.78 is 12.1. The van der Waals surface area contributed by atoms with Gasteiger partial charge in [-0.2, -0.15) is 4.98 Å². The highest BCUT2D eigenvalue weighted by Crippen LogP contribution is 2.44. The van der Waals surface area contributed by atoms with E-state index in [1.54, 1.807) is 17.5 Å². The van der Waals surface area contributed by atoms with Crippen molar-refractivity contribution in [3.05, 3.63) is 23.9 Å². The van der Waals surface area contributed by atoms with Gasteiger partial charge in [-0.15, -0.1) is 11.3 Å². The van der Waals surface area contributed by atoms with E-state index < -0.39 is 0 Å². The summed E-state index contributed by atoms with van der Waals surface area (Å²) in [6.07, 6.45) is 2.65. The largest absolute Gasteiger partial charge is 0.477 e. The van der Waals surface area contributed by atoms with E-state index in [0.29, 0.717) is 18.4 Å². The molecule has 0 spiro atoms. The lowest BCUT2D eigenvalue weighted by Gasteiger charge is -2.07. The van der Waals surface area contributed by atoms with Crippen LogP contribution in [0, 0.1) is 0 Å². The van der Waals surface area contributed by atoms with Crippen LogP contribution in [0.15, 0.2) is 18.3 Å². The molecular weight excluding hydrogens is 276 g/mol. The number of nitrogens with zero attached hydrogens (tertiary/aromatic N) is 2. The van der Waals surface area contributed by atoms with Gasteiger partial charge in [-0.25, -0.2) is 4.98 Å². The summed E-state index contributed by atoms with van der Waals surface area (Å²) in [4.78, 5) is 9.82. The molecule has 0 saturated carbocycles. The maximum absolute atomic E-state index is 8.94. The van der Waals surface area contributed by atoms with Gasteiger partial charge in [-0.05, 0) is 12.1 Å². The topological polar surface area (TPSA) is 64.5 Å². The third-order valence-corrected chi connectivity index (χ3v) is 4.45. The summed E-state index contributed by atoms with van der Waals surface area (Å²) >= 11 is 1.57. The predicted molar refractivity (Wildman–Crippen MR) is 76.7 cm³/mol. The van der Waals surface area contributed by atoms with Crippen molar-refractivity contribution in [2.24, 2.45) is 0 Å². The molecule has 5 nitrogen and oxygen atoms in total. The van der Waals surface area contributed by atoms with E-state index >= 15 is 0 Å². The lowest BCUT2D eigenvalue weighted by Crippen LogP contribution is -2.03. The minimum absolute atomic E-state index is 0.0374. The number of aromatic nitrogens is 2. The molecule has 4 rings (SSSR count). The summed E-state index contributed by atoms with van der Waals surface area (Å²) in [7, 11) is 0. The van der Waals surface area contributed by atoms with Crippen molar-refractivity contribution in [2.45, 2.75) is 6.42 Å². The Hall–Kier alpha value is -1.92. The summed E-state index contributed by atoms with van der Waals surface area (Å²) in [6.45, 7) is 0.839. The first-order chi connectivity index (χ1) is 9.88. The van der Waals surface area contributed by atoms with Crippen LogP contribution in [0.5, 0.6) is 11.8 Å². The fourth-order valence-electron chi connectivity index (χ4n) is 2.54. The highest BCUT2D eigenvalue weighted by Gasteiger charge is 2.24. The molecule has 0 saturated heterocycles. The predicted octanol–water partition coefficient (Wildman–Crippen LogP) is 2.15. The molecule has 0 unspecified atom stereocenters. The van der Waals surface area contributed by atoms with Gasteiger partial charge in [0.1, 0.15) is 11.4 Å². The van der Waals surface area contributed by atoms with Crippen molar-refractivity contribution >= 4 is 31.6 Å². The van der Waals surface area contributed by atoms with Crippen LogP contribution in [0.2, 0.25) is 0 Å². The highest BCUT2D eigenvalue weighted by atomic mass is 32.1. The number of fused-ring (bicyclic) bond motifs is 5. The second-order valence-corrected chi connectivity index (χ2v) is 5.53. The highest BCUT2D eigenvalue weighted by molar-refractivity contribution is 7.25. The Kier molecular flexibility index (Phi) is 2.71. The summed E-state index contributed by atoms with van der Waals surface area (Å²) in [5.41, 5.74) is 1.13. The number of ether oxygens (including phenoxy) is 2. The Bertz CT molecular complexity index is 800. The van der Waals surface area contributed by atoms with E-state index in [9.17, 15) is 0 Å². The Labute approximate surface area is 118 Å². The smallest absolute Gasteiger partial charge is 0.235 e. The van der Waals surface area contributed by atoms with E-state index in [-0.39, 0.29) is 13.2 Å². The Morgan fingerprint density at radius 3 is 3.30 bits per heavy atom. The Morgan fingerprint density at radius 2 is 2.40 bits per heavy atom. The number of pyridine rings is 2. The van der Waals surface area contributed by atoms with Crippen molar-refractivity contribution < 1.29 is 14.6 Å². The fraction of sp³-hybridized carbons (Fsp3) is 0.286. The average Bonchev–Trinajstić information content (AvgIpc) is 3.07. The van der Waals surface area contributed by atoms with E-state index in [2.05, 4.69) is 16.0 Å². The van der Waals surface area contributed by atoms with Crippen LogP contribution in [0.4, 0.5) is 0 Å². The molecule has 3 aromatic rings. The monoisotopic (exact) mass is 288 g/mol. The van der Waals surface area contributed by atoms with E-state index in [4.69, 9.17) is 14.6 Å². The van der Waals surface area contributed by atoms with Crippen molar-refractivity contribution in [3.8, 4) is 11.8 Å². The standard InChI is InChI=1S/C14H12N2O3S/c17-5-7-19-13-11-10(8-3-6-18-12(8)16-13)9-2-1-4-15-14(9)20-11/h1-2,4,17H,3,5-7H2. The van der Waals surface area contributed by atoms with E-state index in [1.165, 1.54) is 0 Å². The normalized spacial score (nSPS) is 13.7. The third kappa shape index (κ3) is 1.65. The number of thiophene rings is 1. The van der Waals surface area contributed by atoms with Crippen LogP contribution in [-0.4, -0.2) is 34.9 Å². The molecule has 1 N–H and O–H groups in total. The van der Waals surface area contributed by atoms with Gasteiger partial charge in [-0.3, -0.25) is 0 Å². The molecule has 0 amide bonds. The maximum atomic E-state index is 8.94. The van der Waals surface area contributed by atoms with Crippen LogP contribution >= 0.6 is 11.3 Å². The average molecular weight is 288 g/mol. The first-order valence-corrected chi connectivity index (χ1v) is 7.26. The summed E-state index contributed by atoms with van der Waals surface area (Å²) in [5.74, 6) is 1.17. The lowest BCUT2D eigenvalue weighted by molar-refractivity contribution is 0.197. The van der Waals surface area contributed by atoms with Gasteiger partial charge in [-0.1, -0.05) is 0 Å². The van der Waals surface area contributed by atoms with Gasteiger partial charge >= 0.3 is 0 Å². The molecular formula is C14H12N2O3S. The molecule has 102 valence electrons. The van der Waals surface area contributed by atoms with E-state index in [1.807, 2.05) is 6.07 Å². The fourth-order valence-corrected chi connectivity index (χ4v) is 3.66. The molecule has 4 heterocycles. The molecule has 20 heavy (non-hydrogen) atoms. The number of hydrogen-bond donors (Lipinski definition) is 1. The van der Waals surface area contributed by atoms with E-state index in [0.717, 1.165) is 32.3 Å². The van der Waals surface area contributed by atoms with Gasteiger partial charge in [0, 0.05) is 29.0 Å². The molecule has 3 aromatic heterocycles. The third-order valence-electron chi connectivity index (χ3n) is 3.34. The first-order valence-electron chi connectivity index (χ1n) is 6.45. The molecule has 0 atom stereocenters. The number of rotatable bonds is 3. The maximum Gasteiger partial charge on any atom is 0.235 e. The SMILES string of the molecule is OCCOc1nc2c(c3c1sc1ncccc13)CCO2. The molecule has 0 aromatic carbocycles.